The van der Waals surface area contributed by atoms with Crippen molar-refractivity contribution < 1.29 is 4.79 Å². The van der Waals surface area contributed by atoms with Crippen molar-refractivity contribution in [2.45, 2.75) is 46.3 Å². The Balaban J connectivity index is 1.96. The summed E-state index contributed by atoms with van der Waals surface area (Å²) in [6.07, 6.45) is 4.45. The summed E-state index contributed by atoms with van der Waals surface area (Å²) >= 11 is 0. The molecule has 26 heavy (non-hydrogen) atoms. The molecule has 7 heteroatoms. The average molecular weight is 356 g/mol. The number of anilines is 1. The third-order valence-electron chi connectivity index (χ3n) is 3.83. The van der Waals surface area contributed by atoms with Crippen LogP contribution in [0, 0.1) is 0 Å². The molecule has 2 rings (SSSR count). The molecule has 1 aromatic carbocycles. The molecule has 1 aromatic heterocycles. The lowest BCUT2D eigenvalue weighted by Crippen LogP contribution is -2.41. The molecule has 0 aliphatic heterocycles. The maximum absolute atomic E-state index is 12.1. The fourth-order valence-corrected chi connectivity index (χ4v) is 2.31. The van der Waals surface area contributed by atoms with Gasteiger partial charge in [0.05, 0.1) is 6.54 Å². The Labute approximate surface area is 154 Å². The van der Waals surface area contributed by atoms with Gasteiger partial charge in [0.15, 0.2) is 5.96 Å². The van der Waals surface area contributed by atoms with Gasteiger partial charge in [-0.15, -0.1) is 0 Å². The van der Waals surface area contributed by atoms with Crippen LogP contribution in [0.2, 0.25) is 0 Å². The van der Waals surface area contributed by atoms with E-state index in [1.807, 2.05) is 31.2 Å². The van der Waals surface area contributed by atoms with Crippen LogP contribution in [-0.4, -0.2) is 34.2 Å². The number of hydrogen-bond donors (Lipinski definition) is 3. The zero-order valence-electron chi connectivity index (χ0n) is 15.7. The molecule has 3 N–H and O–H groups in total. The van der Waals surface area contributed by atoms with Crippen LogP contribution in [0.4, 0.5) is 5.69 Å². The summed E-state index contributed by atoms with van der Waals surface area (Å²) < 4.78 is 1.59. The standard InChI is InChI=1S/C19H28N6O/c1-4-15(3)23-19(20-5-2)21-13-16-8-6-9-17(12-16)24-18(26)14-25-11-7-10-22-25/h6-12,15H,4-5,13-14H2,1-3H3,(H,24,26)(H2,20,21,23). The van der Waals surface area contributed by atoms with E-state index in [1.165, 1.54) is 0 Å². The first-order valence-corrected chi connectivity index (χ1v) is 9.01. The van der Waals surface area contributed by atoms with Crippen LogP contribution in [0.3, 0.4) is 0 Å². The average Bonchev–Trinajstić information content (AvgIpc) is 3.12. The number of carbonyl (C=O) groups is 1. The zero-order chi connectivity index (χ0) is 18.8. The van der Waals surface area contributed by atoms with E-state index in [9.17, 15) is 4.79 Å². The minimum Gasteiger partial charge on any atom is -0.357 e. The minimum absolute atomic E-state index is 0.110. The summed E-state index contributed by atoms with van der Waals surface area (Å²) in [6.45, 7) is 7.85. The van der Waals surface area contributed by atoms with Gasteiger partial charge in [-0.2, -0.15) is 5.10 Å². The molecule has 140 valence electrons. The quantitative estimate of drug-likeness (QED) is 0.501. The van der Waals surface area contributed by atoms with Crippen molar-refractivity contribution in [3.8, 4) is 0 Å². The Hall–Kier alpha value is -2.83. The second kappa shape index (κ2) is 10.2. The van der Waals surface area contributed by atoms with Gasteiger partial charge in [-0.3, -0.25) is 9.48 Å². The van der Waals surface area contributed by atoms with Gasteiger partial charge in [-0.1, -0.05) is 19.1 Å². The van der Waals surface area contributed by atoms with Crippen molar-refractivity contribution in [2.75, 3.05) is 11.9 Å². The molecule has 0 bridgehead atoms. The third kappa shape index (κ3) is 6.58. The highest BCUT2D eigenvalue weighted by Gasteiger charge is 2.05. The molecule has 0 radical (unpaired) electrons. The number of aliphatic imine (C=N–C) groups is 1. The van der Waals surface area contributed by atoms with Crippen LogP contribution in [0.1, 0.15) is 32.8 Å². The van der Waals surface area contributed by atoms with E-state index >= 15 is 0 Å². The fourth-order valence-electron chi connectivity index (χ4n) is 2.31. The molecular formula is C19H28N6O. The predicted molar refractivity (Wildman–Crippen MR) is 105 cm³/mol. The second-order valence-corrected chi connectivity index (χ2v) is 6.10. The number of hydrogen-bond acceptors (Lipinski definition) is 3. The van der Waals surface area contributed by atoms with E-state index in [2.05, 4.69) is 39.9 Å². The number of benzene rings is 1. The molecule has 0 fully saturated rings. The van der Waals surface area contributed by atoms with Crippen LogP contribution in [0.15, 0.2) is 47.7 Å². The summed E-state index contributed by atoms with van der Waals surface area (Å²) in [7, 11) is 0. The number of nitrogens with one attached hydrogen (secondary N) is 3. The minimum atomic E-state index is -0.110. The summed E-state index contributed by atoms with van der Waals surface area (Å²) in [5.41, 5.74) is 1.79. The number of amides is 1. The molecule has 0 aliphatic carbocycles. The molecule has 1 atom stereocenters. The Bertz CT molecular complexity index is 711. The Kier molecular flexibility index (Phi) is 7.67. The Morgan fingerprint density at radius 1 is 1.31 bits per heavy atom. The van der Waals surface area contributed by atoms with E-state index in [0.717, 1.165) is 30.2 Å². The third-order valence-corrected chi connectivity index (χ3v) is 3.83. The molecule has 1 heterocycles. The number of carbonyl (C=O) groups excluding carboxylic acids is 1. The summed E-state index contributed by atoms with van der Waals surface area (Å²) in [5.74, 6) is 0.691. The first kappa shape index (κ1) is 19.5. The smallest absolute Gasteiger partial charge is 0.246 e. The highest BCUT2D eigenvalue weighted by atomic mass is 16.2. The highest BCUT2D eigenvalue weighted by Crippen LogP contribution is 2.12. The van der Waals surface area contributed by atoms with Crippen molar-refractivity contribution in [2.24, 2.45) is 4.99 Å². The summed E-state index contributed by atoms with van der Waals surface area (Å²) in [6, 6.07) is 9.89. The Morgan fingerprint density at radius 3 is 2.85 bits per heavy atom. The van der Waals surface area contributed by atoms with Crippen molar-refractivity contribution in [1.82, 2.24) is 20.4 Å². The molecular weight excluding hydrogens is 328 g/mol. The van der Waals surface area contributed by atoms with E-state index in [4.69, 9.17) is 0 Å². The van der Waals surface area contributed by atoms with Gasteiger partial charge >= 0.3 is 0 Å². The highest BCUT2D eigenvalue weighted by molar-refractivity contribution is 5.90. The largest absolute Gasteiger partial charge is 0.357 e. The van der Waals surface area contributed by atoms with Gasteiger partial charge in [-0.05, 0) is 44.0 Å². The predicted octanol–water partition coefficient (Wildman–Crippen LogP) is 2.38. The number of guanidine groups is 1. The number of rotatable bonds is 8. The van der Waals surface area contributed by atoms with Crippen LogP contribution in [-0.2, 0) is 17.9 Å². The van der Waals surface area contributed by atoms with E-state index < -0.39 is 0 Å². The van der Waals surface area contributed by atoms with Crippen LogP contribution in [0.5, 0.6) is 0 Å². The molecule has 0 spiro atoms. The normalized spacial score (nSPS) is 12.5. The summed E-state index contributed by atoms with van der Waals surface area (Å²) in [5, 5.41) is 13.5. The monoisotopic (exact) mass is 356 g/mol. The van der Waals surface area contributed by atoms with E-state index in [1.54, 1.807) is 23.1 Å². The first-order valence-electron chi connectivity index (χ1n) is 9.01. The van der Waals surface area contributed by atoms with Crippen LogP contribution >= 0.6 is 0 Å². The lowest BCUT2D eigenvalue weighted by Gasteiger charge is -2.16. The SMILES string of the molecule is CCNC(=NCc1cccc(NC(=O)Cn2cccn2)c1)NC(C)CC. The van der Waals surface area contributed by atoms with Crippen LogP contribution < -0.4 is 16.0 Å². The molecule has 0 aliphatic rings. The first-order chi connectivity index (χ1) is 12.6. The molecule has 1 amide bonds. The van der Waals surface area contributed by atoms with Gasteiger partial charge in [0.1, 0.15) is 6.54 Å². The van der Waals surface area contributed by atoms with Crippen molar-refractivity contribution in [1.29, 1.82) is 0 Å². The topological polar surface area (TPSA) is 83.3 Å². The van der Waals surface area contributed by atoms with Crippen molar-refractivity contribution in [3.63, 3.8) is 0 Å². The lowest BCUT2D eigenvalue weighted by atomic mass is 10.2. The number of aromatic nitrogens is 2. The maximum Gasteiger partial charge on any atom is 0.246 e. The van der Waals surface area contributed by atoms with Gasteiger partial charge in [0, 0.05) is 30.7 Å². The lowest BCUT2D eigenvalue weighted by molar-refractivity contribution is -0.116. The van der Waals surface area contributed by atoms with E-state index in [0.29, 0.717) is 12.6 Å². The van der Waals surface area contributed by atoms with Crippen molar-refractivity contribution >= 4 is 17.6 Å². The van der Waals surface area contributed by atoms with E-state index in [-0.39, 0.29) is 12.5 Å². The fraction of sp³-hybridized carbons (Fsp3) is 0.421. The molecule has 1 unspecified atom stereocenters. The maximum atomic E-state index is 12.1. The van der Waals surface area contributed by atoms with Crippen molar-refractivity contribution in [3.05, 3.63) is 48.3 Å². The molecule has 0 saturated heterocycles. The van der Waals surface area contributed by atoms with Crippen LogP contribution in [0.25, 0.3) is 0 Å². The Morgan fingerprint density at radius 2 is 2.15 bits per heavy atom. The molecule has 0 saturated carbocycles. The second-order valence-electron chi connectivity index (χ2n) is 6.10. The molecule has 7 nitrogen and oxygen atoms in total. The van der Waals surface area contributed by atoms with Gasteiger partial charge in [0.25, 0.3) is 0 Å². The molecule has 2 aromatic rings. The van der Waals surface area contributed by atoms with Gasteiger partial charge in [0.2, 0.25) is 5.91 Å². The number of nitrogens with zero attached hydrogens (tertiary/aromatic N) is 3. The van der Waals surface area contributed by atoms with Gasteiger partial charge in [-0.25, -0.2) is 4.99 Å². The zero-order valence-corrected chi connectivity index (χ0v) is 15.7. The summed E-state index contributed by atoms with van der Waals surface area (Å²) in [4.78, 5) is 16.7. The van der Waals surface area contributed by atoms with Gasteiger partial charge < -0.3 is 16.0 Å².